The van der Waals surface area contributed by atoms with E-state index in [4.69, 9.17) is 14.4 Å². The Morgan fingerprint density at radius 2 is 2.11 bits per heavy atom. The summed E-state index contributed by atoms with van der Waals surface area (Å²) in [6, 6.07) is 11.6. The van der Waals surface area contributed by atoms with Gasteiger partial charge in [0.2, 0.25) is 0 Å². The second-order valence-electron chi connectivity index (χ2n) is 3.83. The minimum absolute atomic E-state index is 0.0753. The third-order valence-corrected chi connectivity index (χ3v) is 2.44. The highest BCUT2D eigenvalue weighted by atomic mass is 16.5. The van der Waals surface area contributed by atoms with Gasteiger partial charge in [-0.15, -0.1) is 0 Å². The third kappa shape index (κ3) is 3.65. The number of nitriles is 1. The van der Waals surface area contributed by atoms with E-state index < -0.39 is 0 Å². The van der Waals surface area contributed by atoms with Crippen LogP contribution in [0.4, 0.5) is 0 Å². The molecule has 0 fully saturated rings. The monoisotopic (exact) mass is 242 g/mol. The van der Waals surface area contributed by atoms with E-state index in [1.807, 2.05) is 36.4 Å². The molecule has 4 nitrogen and oxygen atoms in total. The Morgan fingerprint density at radius 1 is 1.22 bits per heavy atom. The van der Waals surface area contributed by atoms with Gasteiger partial charge in [0.05, 0.1) is 12.5 Å². The van der Waals surface area contributed by atoms with Crippen molar-refractivity contribution in [3.63, 3.8) is 0 Å². The highest BCUT2D eigenvalue weighted by Gasteiger charge is 1.98. The standard InChI is InChI=1S/C14H14N2O2/c15-5-7-18-14-3-1-2-12(8-14)9-16-10-13-4-6-17-11-13/h1-4,6,8,11,16H,7,9-10H2. The van der Waals surface area contributed by atoms with Crippen molar-refractivity contribution in [1.82, 2.24) is 5.32 Å². The lowest BCUT2D eigenvalue weighted by Gasteiger charge is -2.06. The number of ether oxygens (including phenoxy) is 1. The van der Waals surface area contributed by atoms with Crippen LogP contribution in [0.5, 0.6) is 5.75 Å². The Kier molecular flexibility index (Phi) is 4.39. The van der Waals surface area contributed by atoms with Crippen LogP contribution in [0, 0.1) is 11.3 Å². The molecular weight excluding hydrogens is 228 g/mol. The van der Waals surface area contributed by atoms with Crippen LogP contribution in [0.15, 0.2) is 47.3 Å². The first-order valence-corrected chi connectivity index (χ1v) is 5.69. The summed E-state index contributed by atoms with van der Waals surface area (Å²) in [6.45, 7) is 1.58. The molecule has 0 aliphatic rings. The molecule has 0 saturated heterocycles. The van der Waals surface area contributed by atoms with Crippen LogP contribution in [-0.2, 0) is 13.1 Å². The zero-order valence-electron chi connectivity index (χ0n) is 9.93. The average molecular weight is 242 g/mol. The molecule has 0 aliphatic heterocycles. The SMILES string of the molecule is N#CCOc1cccc(CNCc2ccoc2)c1. The third-order valence-electron chi connectivity index (χ3n) is 2.44. The van der Waals surface area contributed by atoms with E-state index in [1.165, 1.54) is 0 Å². The molecule has 4 heteroatoms. The number of hydrogen-bond donors (Lipinski definition) is 1. The van der Waals surface area contributed by atoms with Gasteiger partial charge in [0.15, 0.2) is 6.61 Å². The maximum atomic E-state index is 8.45. The van der Waals surface area contributed by atoms with Crippen LogP contribution >= 0.6 is 0 Å². The van der Waals surface area contributed by atoms with Gasteiger partial charge in [0.1, 0.15) is 11.8 Å². The van der Waals surface area contributed by atoms with Gasteiger partial charge in [0, 0.05) is 18.7 Å². The van der Waals surface area contributed by atoms with Gasteiger partial charge in [0.25, 0.3) is 0 Å². The molecule has 0 radical (unpaired) electrons. The largest absolute Gasteiger partial charge is 0.479 e. The summed E-state index contributed by atoms with van der Waals surface area (Å²) < 4.78 is 10.2. The molecule has 0 unspecified atom stereocenters. The maximum absolute atomic E-state index is 8.45. The fourth-order valence-electron chi connectivity index (χ4n) is 1.61. The molecule has 1 N–H and O–H groups in total. The first kappa shape index (κ1) is 12.2. The van der Waals surface area contributed by atoms with Crippen LogP contribution in [-0.4, -0.2) is 6.61 Å². The molecule has 0 spiro atoms. The van der Waals surface area contributed by atoms with Crippen LogP contribution in [0.1, 0.15) is 11.1 Å². The van der Waals surface area contributed by atoms with E-state index in [0.29, 0.717) is 0 Å². The Balaban J connectivity index is 1.83. The zero-order valence-corrected chi connectivity index (χ0v) is 9.93. The maximum Gasteiger partial charge on any atom is 0.174 e. The molecule has 0 bridgehead atoms. The number of nitrogens with zero attached hydrogens (tertiary/aromatic N) is 1. The molecule has 92 valence electrons. The summed E-state index contributed by atoms with van der Waals surface area (Å²) in [5.74, 6) is 0.721. The molecular formula is C14H14N2O2. The van der Waals surface area contributed by atoms with Gasteiger partial charge in [-0.05, 0) is 23.8 Å². The summed E-state index contributed by atoms with van der Waals surface area (Å²) in [5.41, 5.74) is 2.24. The van der Waals surface area contributed by atoms with Gasteiger partial charge in [-0.1, -0.05) is 12.1 Å². The van der Waals surface area contributed by atoms with E-state index in [1.54, 1.807) is 12.5 Å². The first-order valence-electron chi connectivity index (χ1n) is 5.69. The normalized spacial score (nSPS) is 9.94. The molecule has 1 aromatic heterocycles. The Bertz CT molecular complexity index is 515. The lowest BCUT2D eigenvalue weighted by molar-refractivity contribution is 0.367. The van der Waals surface area contributed by atoms with Crippen molar-refractivity contribution in [3.8, 4) is 11.8 Å². The summed E-state index contributed by atoms with van der Waals surface area (Å²) in [6.07, 6.45) is 3.38. The van der Waals surface area contributed by atoms with Gasteiger partial charge < -0.3 is 14.5 Å². The number of benzene rings is 1. The fraction of sp³-hybridized carbons (Fsp3) is 0.214. The summed E-state index contributed by atoms with van der Waals surface area (Å²) in [4.78, 5) is 0. The minimum Gasteiger partial charge on any atom is -0.479 e. The zero-order chi connectivity index (χ0) is 12.6. The average Bonchev–Trinajstić information content (AvgIpc) is 2.90. The molecule has 1 aromatic carbocycles. The molecule has 2 aromatic rings. The number of hydrogen-bond acceptors (Lipinski definition) is 4. The fourth-order valence-corrected chi connectivity index (χ4v) is 1.61. The van der Waals surface area contributed by atoms with Crippen molar-refractivity contribution in [3.05, 3.63) is 54.0 Å². The smallest absolute Gasteiger partial charge is 0.174 e. The van der Waals surface area contributed by atoms with Crippen molar-refractivity contribution in [2.45, 2.75) is 13.1 Å². The predicted molar refractivity (Wildman–Crippen MR) is 66.8 cm³/mol. The molecule has 0 saturated carbocycles. The van der Waals surface area contributed by atoms with Crippen LogP contribution < -0.4 is 10.1 Å². The van der Waals surface area contributed by atoms with Crippen molar-refractivity contribution in [2.24, 2.45) is 0 Å². The predicted octanol–water partition coefficient (Wildman–Crippen LogP) is 2.47. The van der Waals surface area contributed by atoms with Gasteiger partial charge >= 0.3 is 0 Å². The highest BCUT2D eigenvalue weighted by molar-refractivity contribution is 5.28. The molecule has 2 rings (SSSR count). The van der Waals surface area contributed by atoms with Crippen LogP contribution in [0.25, 0.3) is 0 Å². The minimum atomic E-state index is 0.0753. The van der Waals surface area contributed by atoms with Crippen molar-refractivity contribution in [1.29, 1.82) is 5.26 Å². The summed E-state index contributed by atoms with van der Waals surface area (Å²) in [7, 11) is 0. The second kappa shape index (κ2) is 6.48. The molecule has 1 heterocycles. The lowest BCUT2D eigenvalue weighted by atomic mass is 10.2. The van der Waals surface area contributed by atoms with Gasteiger partial charge in [-0.3, -0.25) is 0 Å². The number of nitrogens with one attached hydrogen (secondary N) is 1. The van der Waals surface area contributed by atoms with Gasteiger partial charge in [-0.2, -0.15) is 5.26 Å². The van der Waals surface area contributed by atoms with Gasteiger partial charge in [-0.25, -0.2) is 0 Å². The molecule has 0 aliphatic carbocycles. The molecule has 0 amide bonds. The number of furan rings is 1. The van der Waals surface area contributed by atoms with E-state index in [2.05, 4.69) is 5.32 Å². The van der Waals surface area contributed by atoms with Crippen LogP contribution in [0.2, 0.25) is 0 Å². The quantitative estimate of drug-likeness (QED) is 0.845. The number of rotatable bonds is 6. The Labute approximate surface area is 106 Å². The first-order chi connectivity index (χ1) is 8.88. The summed E-state index contributed by atoms with van der Waals surface area (Å²) >= 11 is 0. The van der Waals surface area contributed by atoms with Crippen molar-refractivity contribution < 1.29 is 9.15 Å². The summed E-state index contributed by atoms with van der Waals surface area (Å²) in [5, 5.41) is 11.8. The Hall–Kier alpha value is -2.25. The van der Waals surface area contributed by atoms with E-state index in [-0.39, 0.29) is 6.61 Å². The van der Waals surface area contributed by atoms with Crippen LogP contribution in [0.3, 0.4) is 0 Å². The molecule has 18 heavy (non-hydrogen) atoms. The Morgan fingerprint density at radius 3 is 2.89 bits per heavy atom. The van der Waals surface area contributed by atoms with Crippen molar-refractivity contribution in [2.75, 3.05) is 6.61 Å². The van der Waals surface area contributed by atoms with E-state index >= 15 is 0 Å². The molecule has 0 atom stereocenters. The topological polar surface area (TPSA) is 58.2 Å². The second-order valence-corrected chi connectivity index (χ2v) is 3.83. The van der Waals surface area contributed by atoms with E-state index in [0.717, 1.165) is 30.0 Å². The lowest BCUT2D eigenvalue weighted by Crippen LogP contribution is -2.12. The highest BCUT2D eigenvalue weighted by Crippen LogP contribution is 2.13. The van der Waals surface area contributed by atoms with Crippen molar-refractivity contribution >= 4 is 0 Å². The van der Waals surface area contributed by atoms with E-state index in [9.17, 15) is 0 Å².